The lowest BCUT2D eigenvalue weighted by molar-refractivity contribution is 0.471. The number of phenolic OH excluding ortho intramolecular Hbond substituents is 1. The zero-order valence-electron chi connectivity index (χ0n) is 13.4. The summed E-state index contributed by atoms with van der Waals surface area (Å²) in [6.45, 7) is 0. The van der Waals surface area contributed by atoms with Crippen molar-refractivity contribution in [1.82, 2.24) is 4.98 Å². The summed E-state index contributed by atoms with van der Waals surface area (Å²) in [6.07, 6.45) is 1.57. The van der Waals surface area contributed by atoms with Crippen LogP contribution in [0.2, 0.25) is 5.02 Å². The van der Waals surface area contributed by atoms with Gasteiger partial charge in [0.1, 0.15) is 11.3 Å². The number of aromatic hydroxyl groups is 1. The molecule has 0 aliphatic heterocycles. The minimum Gasteiger partial charge on any atom is -0.506 e. The maximum Gasteiger partial charge on any atom is 0.227 e. The van der Waals surface area contributed by atoms with Crippen LogP contribution in [0.4, 0.5) is 5.69 Å². The van der Waals surface area contributed by atoms with Gasteiger partial charge >= 0.3 is 0 Å². The summed E-state index contributed by atoms with van der Waals surface area (Å²) in [4.78, 5) is 8.86. The molecule has 4 nitrogen and oxygen atoms in total. The van der Waals surface area contributed by atoms with E-state index < -0.39 is 0 Å². The molecule has 0 bridgehead atoms. The second kappa shape index (κ2) is 6.94. The molecule has 0 atom stereocenters. The van der Waals surface area contributed by atoms with Crippen molar-refractivity contribution in [3.63, 3.8) is 0 Å². The molecule has 128 valence electrons. The molecule has 3 aromatic carbocycles. The van der Waals surface area contributed by atoms with E-state index in [-0.39, 0.29) is 5.75 Å². The molecule has 0 amide bonds. The molecule has 0 saturated carbocycles. The maximum atomic E-state index is 10.0. The first-order chi connectivity index (χ1) is 12.6. The highest BCUT2D eigenvalue weighted by atomic mass is 79.9. The number of aromatic nitrogens is 1. The van der Waals surface area contributed by atoms with E-state index in [1.54, 1.807) is 18.3 Å². The second-order valence-corrected chi connectivity index (χ2v) is 6.91. The number of para-hydroxylation sites is 2. The number of oxazole rings is 1. The Labute approximate surface area is 162 Å². The number of benzene rings is 3. The third-order valence-corrected chi connectivity index (χ3v) is 4.64. The number of rotatable bonds is 3. The summed E-state index contributed by atoms with van der Waals surface area (Å²) in [5, 5.41) is 10.6. The fraction of sp³-hybridized carbons (Fsp3) is 0. The van der Waals surface area contributed by atoms with Crippen LogP contribution in [0.25, 0.3) is 22.6 Å². The molecule has 0 spiro atoms. The Kier molecular flexibility index (Phi) is 4.49. The normalized spacial score (nSPS) is 11.5. The quantitative estimate of drug-likeness (QED) is 0.387. The molecular formula is C20H12BrClN2O2. The highest BCUT2D eigenvalue weighted by Crippen LogP contribution is 2.31. The molecule has 4 rings (SSSR count). The topological polar surface area (TPSA) is 58.6 Å². The molecule has 0 aliphatic rings. The SMILES string of the molecule is Oc1c(Br)cc(Cl)cc1C=Nc1ccc(-c2nc3ccccc3o2)cc1. The van der Waals surface area contributed by atoms with Crippen molar-refractivity contribution >= 4 is 50.5 Å². The Bertz CT molecular complexity index is 1090. The smallest absolute Gasteiger partial charge is 0.227 e. The third kappa shape index (κ3) is 3.36. The molecule has 1 heterocycles. The summed E-state index contributed by atoms with van der Waals surface area (Å²) in [6, 6.07) is 18.4. The van der Waals surface area contributed by atoms with Crippen LogP contribution >= 0.6 is 27.5 Å². The molecule has 0 unspecified atom stereocenters. The van der Waals surface area contributed by atoms with Gasteiger partial charge in [-0.3, -0.25) is 4.99 Å². The van der Waals surface area contributed by atoms with Crippen molar-refractivity contribution in [2.24, 2.45) is 4.99 Å². The van der Waals surface area contributed by atoms with Gasteiger partial charge in [0.05, 0.1) is 10.2 Å². The molecule has 1 aromatic heterocycles. The van der Waals surface area contributed by atoms with Gasteiger partial charge in [0.25, 0.3) is 0 Å². The van der Waals surface area contributed by atoms with Crippen LogP contribution in [0.15, 0.2) is 74.5 Å². The van der Waals surface area contributed by atoms with Crippen molar-refractivity contribution < 1.29 is 9.52 Å². The van der Waals surface area contributed by atoms with Gasteiger partial charge in [-0.05, 0) is 64.5 Å². The molecule has 1 N–H and O–H groups in total. The predicted molar refractivity (Wildman–Crippen MR) is 108 cm³/mol. The number of phenols is 1. The van der Waals surface area contributed by atoms with E-state index in [1.165, 1.54) is 0 Å². The van der Waals surface area contributed by atoms with E-state index in [4.69, 9.17) is 16.0 Å². The van der Waals surface area contributed by atoms with Gasteiger partial charge in [0.15, 0.2) is 5.58 Å². The van der Waals surface area contributed by atoms with Crippen molar-refractivity contribution in [2.75, 3.05) is 0 Å². The summed E-state index contributed by atoms with van der Waals surface area (Å²) in [5.74, 6) is 0.666. The zero-order chi connectivity index (χ0) is 18.1. The first-order valence-corrected chi connectivity index (χ1v) is 8.95. The van der Waals surface area contributed by atoms with E-state index in [0.29, 0.717) is 20.9 Å². The summed E-state index contributed by atoms with van der Waals surface area (Å²) in [5.41, 5.74) is 3.72. The highest BCUT2D eigenvalue weighted by Gasteiger charge is 2.08. The van der Waals surface area contributed by atoms with Crippen LogP contribution in [0, 0.1) is 0 Å². The fourth-order valence-electron chi connectivity index (χ4n) is 2.51. The minimum atomic E-state index is 0.0984. The predicted octanol–water partition coefficient (Wildman–Crippen LogP) is 6.37. The van der Waals surface area contributed by atoms with Crippen molar-refractivity contribution in [3.8, 4) is 17.2 Å². The van der Waals surface area contributed by atoms with Crippen LogP contribution < -0.4 is 0 Å². The number of halogens is 2. The fourth-order valence-corrected chi connectivity index (χ4v) is 3.35. The van der Waals surface area contributed by atoms with Gasteiger partial charge in [-0.2, -0.15) is 0 Å². The number of hydrogen-bond donors (Lipinski definition) is 1. The monoisotopic (exact) mass is 426 g/mol. The lowest BCUT2D eigenvalue weighted by Gasteiger charge is -2.02. The Morgan fingerprint density at radius 1 is 1.08 bits per heavy atom. The summed E-state index contributed by atoms with van der Waals surface area (Å²) < 4.78 is 6.29. The van der Waals surface area contributed by atoms with Crippen molar-refractivity contribution in [1.29, 1.82) is 0 Å². The van der Waals surface area contributed by atoms with Gasteiger partial charge < -0.3 is 9.52 Å². The molecule has 0 fully saturated rings. The Hall–Kier alpha value is -2.63. The van der Waals surface area contributed by atoms with Gasteiger partial charge in [-0.25, -0.2) is 4.98 Å². The molecule has 0 saturated heterocycles. The maximum absolute atomic E-state index is 10.0. The second-order valence-electron chi connectivity index (χ2n) is 5.62. The lowest BCUT2D eigenvalue weighted by Crippen LogP contribution is -1.84. The van der Waals surface area contributed by atoms with E-state index in [2.05, 4.69) is 25.9 Å². The van der Waals surface area contributed by atoms with Gasteiger partial charge in [-0.15, -0.1) is 0 Å². The van der Waals surface area contributed by atoms with Gasteiger partial charge in [0.2, 0.25) is 5.89 Å². The standard InChI is InChI=1S/C20H12BrClN2O2/c21-16-10-14(22)9-13(19(16)25)11-23-15-7-5-12(6-8-15)20-24-17-3-1-2-4-18(17)26-20/h1-11,25H. The minimum absolute atomic E-state index is 0.0984. The lowest BCUT2D eigenvalue weighted by atomic mass is 10.2. The average molecular weight is 428 g/mol. The van der Waals surface area contributed by atoms with Crippen LogP contribution in [0.3, 0.4) is 0 Å². The van der Waals surface area contributed by atoms with Crippen molar-refractivity contribution in [3.05, 3.63) is 75.7 Å². The Balaban J connectivity index is 1.60. The molecule has 0 radical (unpaired) electrons. The first kappa shape index (κ1) is 16.8. The summed E-state index contributed by atoms with van der Waals surface area (Å²) >= 11 is 9.27. The first-order valence-electron chi connectivity index (χ1n) is 7.78. The third-order valence-electron chi connectivity index (χ3n) is 3.82. The van der Waals surface area contributed by atoms with Crippen LogP contribution in [0.5, 0.6) is 5.75 Å². The number of hydrogen-bond acceptors (Lipinski definition) is 4. The summed E-state index contributed by atoms with van der Waals surface area (Å²) in [7, 11) is 0. The van der Waals surface area contributed by atoms with Crippen LogP contribution in [-0.4, -0.2) is 16.3 Å². The Morgan fingerprint density at radius 3 is 2.62 bits per heavy atom. The van der Waals surface area contributed by atoms with Crippen molar-refractivity contribution in [2.45, 2.75) is 0 Å². The average Bonchev–Trinajstić information content (AvgIpc) is 3.08. The largest absolute Gasteiger partial charge is 0.506 e. The van der Waals surface area contributed by atoms with Gasteiger partial charge in [0, 0.05) is 22.4 Å². The van der Waals surface area contributed by atoms with Gasteiger partial charge in [-0.1, -0.05) is 23.7 Å². The van der Waals surface area contributed by atoms with E-state index in [0.717, 1.165) is 22.4 Å². The van der Waals surface area contributed by atoms with E-state index in [1.807, 2.05) is 48.5 Å². The Morgan fingerprint density at radius 2 is 1.85 bits per heavy atom. The number of nitrogens with zero attached hydrogens (tertiary/aromatic N) is 2. The highest BCUT2D eigenvalue weighted by molar-refractivity contribution is 9.10. The van der Waals surface area contributed by atoms with E-state index in [9.17, 15) is 5.11 Å². The molecule has 4 aromatic rings. The molecular weight excluding hydrogens is 416 g/mol. The zero-order valence-corrected chi connectivity index (χ0v) is 15.7. The number of aliphatic imine (C=N–C) groups is 1. The van der Waals surface area contributed by atoms with E-state index >= 15 is 0 Å². The molecule has 26 heavy (non-hydrogen) atoms. The number of fused-ring (bicyclic) bond motifs is 1. The molecule has 6 heteroatoms. The van der Waals surface area contributed by atoms with Crippen LogP contribution in [0.1, 0.15) is 5.56 Å². The van der Waals surface area contributed by atoms with Crippen LogP contribution in [-0.2, 0) is 0 Å². The molecule has 0 aliphatic carbocycles.